The monoisotopic (exact) mass is 557 g/mol. The fourth-order valence-electron chi connectivity index (χ4n) is 4.39. The molecule has 1 aliphatic heterocycles. The molecule has 1 heterocycles. The van der Waals surface area contributed by atoms with Gasteiger partial charge in [-0.1, -0.05) is 24.6 Å². The zero-order valence-electron chi connectivity index (χ0n) is 20.7. The van der Waals surface area contributed by atoms with Gasteiger partial charge in [0.1, 0.15) is 11.2 Å². The van der Waals surface area contributed by atoms with Crippen molar-refractivity contribution in [2.75, 3.05) is 13.1 Å². The fraction of sp³-hybridized carbons (Fsp3) is 0.440. The predicted molar refractivity (Wildman–Crippen MR) is 132 cm³/mol. The minimum atomic E-state index is -4.72. The van der Waals surface area contributed by atoms with E-state index in [0.29, 0.717) is 12.0 Å². The Kier molecular flexibility index (Phi) is 8.55. The molecule has 3 rings (SSSR count). The number of nitrogens with one attached hydrogen (secondary N) is 2. The summed E-state index contributed by atoms with van der Waals surface area (Å²) in [6.45, 7) is 2.65. The molecule has 1 saturated heterocycles. The van der Waals surface area contributed by atoms with Gasteiger partial charge in [0.15, 0.2) is 0 Å². The summed E-state index contributed by atoms with van der Waals surface area (Å²) in [5, 5.41) is 9.46. The number of alkyl halides is 3. The van der Waals surface area contributed by atoms with E-state index in [-0.39, 0.29) is 42.2 Å². The molecule has 8 nitrogen and oxygen atoms in total. The van der Waals surface area contributed by atoms with E-state index in [9.17, 15) is 31.9 Å². The molecule has 1 aromatic carbocycles. The molecular weight excluding hydrogens is 530 g/mol. The Bertz CT molecular complexity index is 1200. The van der Waals surface area contributed by atoms with Crippen LogP contribution >= 0.6 is 11.6 Å². The van der Waals surface area contributed by atoms with Gasteiger partial charge in [0.2, 0.25) is 5.91 Å². The van der Waals surface area contributed by atoms with Gasteiger partial charge in [0.25, 0.3) is 0 Å². The number of hydrogen-bond donors (Lipinski definition) is 3. The van der Waals surface area contributed by atoms with E-state index in [1.807, 2.05) is 0 Å². The van der Waals surface area contributed by atoms with Crippen LogP contribution in [0.2, 0.25) is 5.02 Å². The summed E-state index contributed by atoms with van der Waals surface area (Å²) < 4.78 is 54.9. The molecule has 0 radical (unpaired) electrons. The summed E-state index contributed by atoms with van der Waals surface area (Å²) in [6.07, 6.45) is -1.38. The van der Waals surface area contributed by atoms with Gasteiger partial charge in [-0.05, 0) is 55.5 Å². The molecule has 13 heteroatoms. The van der Waals surface area contributed by atoms with E-state index >= 15 is 0 Å². The number of carbonyl (C=O) groups excluding carboxylic acids is 3. The fourth-order valence-corrected chi connectivity index (χ4v) is 4.58. The largest absolute Gasteiger partial charge is 0.403 e. The normalized spacial score (nSPS) is 21.7. The van der Waals surface area contributed by atoms with E-state index < -0.39 is 47.2 Å². The molecule has 0 bridgehead atoms. The first-order valence-electron chi connectivity index (χ1n) is 11.9. The lowest BCUT2D eigenvalue weighted by atomic mass is 9.96. The SMILES string of the molecule is CC/C(C=N)=C/C(=C\N)NC(=O)C(=O)N1C[C@@H](C)N(C(=O)C2(C(F)(F)F)CC2)C[C@@H]1c1ccc(F)c(Cl)c1. The van der Waals surface area contributed by atoms with Crippen LogP contribution in [0.1, 0.15) is 44.7 Å². The molecule has 4 N–H and O–H groups in total. The molecule has 1 aliphatic carbocycles. The number of allylic oxidation sites excluding steroid dienone is 2. The zero-order chi connectivity index (χ0) is 28.4. The molecule has 2 fully saturated rings. The second-order valence-corrected chi connectivity index (χ2v) is 9.73. The maximum Gasteiger partial charge on any atom is 0.403 e. The van der Waals surface area contributed by atoms with Crippen LogP contribution in [0.3, 0.4) is 0 Å². The van der Waals surface area contributed by atoms with Gasteiger partial charge in [-0.15, -0.1) is 0 Å². The number of piperazine rings is 1. The zero-order valence-corrected chi connectivity index (χ0v) is 21.5. The molecule has 1 saturated carbocycles. The van der Waals surface area contributed by atoms with Crippen LogP contribution < -0.4 is 11.1 Å². The maximum atomic E-state index is 13.9. The predicted octanol–water partition coefficient (Wildman–Crippen LogP) is 3.82. The van der Waals surface area contributed by atoms with Gasteiger partial charge in [0.05, 0.1) is 16.8 Å². The molecule has 2 aliphatic rings. The van der Waals surface area contributed by atoms with E-state index in [2.05, 4.69) is 5.32 Å². The lowest BCUT2D eigenvalue weighted by Crippen LogP contribution is -2.61. The van der Waals surface area contributed by atoms with E-state index in [1.165, 1.54) is 25.1 Å². The number of hydrogen-bond acceptors (Lipinski definition) is 5. The van der Waals surface area contributed by atoms with Crippen molar-refractivity contribution in [1.29, 1.82) is 5.41 Å². The third kappa shape index (κ3) is 5.69. The highest BCUT2D eigenvalue weighted by Crippen LogP contribution is 2.59. The van der Waals surface area contributed by atoms with Gasteiger partial charge < -0.3 is 26.3 Å². The lowest BCUT2D eigenvalue weighted by molar-refractivity contribution is -0.201. The Morgan fingerprint density at radius 1 is 1.24 bits per heavy atom. The van der Waals surface area contributed by atoms with Crippen molar-refractivity contribution in [2.45, 2.75) is 51.4 Å². The van der Waals surface area contributed by atoms with Crippen molar-refractivity contribution in [3.05, 3.63) is 58.1 Å². The van der Waals surface area contributed by atoms with Crippen molar-refractivity contribution in [1.82, 2.24) is 15.1 Å². The van der Waals surface area contributed by atoms with Crippen molar-refractivity contribution in [2.24, 2.45) is 11.1 Å². The van der Waals surface area contributed by atoms with Crippen molar-refractivity contribution < 1.29 is 31.9 Å². The Morgan fingerprint density at radius 2 is 1.89 bits per heavy atom. The summed E-state index contributed by atoms with van der Waals surface area (Å²) in [6, 6.07) is 1.61. The molecular formula is C25H28ClF4N5O3. The number of rotatable bonds is 6. The smallest absolute Gasteiger partial charge is 0.403 e. The molecule has 0 unspecified atom stereocenters. The summed E-state index contributed by atoms with van der Waals surface area (Å²) >= 11 is 5.92. The molecule has 3 amide bonds. The van der Waals surface area contributed by atoms with Crippen LogP contribution in [-0.2, 0) is 14.4 Å². The average Bonchev–Trinajstić information content (AvgIpc) is 3.69. The second-order valence-electron chi connectivity index (χ2n) is 9.33. The van der Waals surface area contributed by atoms with E-state index in [1.54, 1.807) is 6.92 Å². The summed E-state index contributed by atoms with van der Waals surface area (Å²) in [4.78, 5) is 41.4. The Labute approximate surface area is 222 Å². The van der Waals surface area contributed by atoms with Crippen LogP contribution in [0.25, 0.3) is 0 Å². The molecule has 0 spiro atoms. The molecule has 38 heavy (non-hydrogen) atoms. The number of nitrogens with two attached hydrogens (primary N) is 1. The third-order valence-corrected chi connectivity index (χ3v) is 7.15. The third-order valence-electron chi connectivity index (χ3n) is 6.86. The van der Waals surface area contributed by atoms with Gasteiger partial charge in [0, 0.05) is 31.5 Å². The van der Waals surface area contributed by atoms with Crippen LogP contribution in [0.15, 0.2) is 41.7 Å². The van der Waals surface area contributed by atoms with Crippen molar-refractivity contribution >= 4 is 35.5 Å². The quantitative estimate of drug-likeness (QED) is 0.213. The Hall–Kier alpha value is -3.41. The summed E-state index contributed by atoms with van der Waals surface area (Å²) in [7, 11) is 0. The first-order chi connectivity index (χ1) is 17.8. The highest BCUT2D eigenvalue weighted by atomic mass is 35.5. The highest BCUT2D eigenvalue weighted by Gasteiger charge is 2.70. The van der Waals surface area contributed by atoms with Gasteiger partial charge >= 0.3 is 18.0 Å². The number of benzene rings is 1. The standard InChI is InChI=1S/C25H28ClF4N5O3/c1-3-15(10-31)8-17(11-32)33-21(36)22(37)35-12-14(2)34(23(38)24(6-7-24)25(28,29)30)13-20(35)16-4-5-19(27)18(26)9-16/h4-5,8-11,14,20,31H,3,6-7,12-13,32H2,1-2H3,(H,33,36)/b15-8-,17-11+,31-10?/t14-,20-/m1/s1. The number of halogens is 5. The van der Waals surface area contributed by atoms with Crippen molar-refractivity contribution in [3.63, 3.8) is 0 Å². The molecule has 2 atom stereocenters. The van der Waals surface area contributed by atoms with Crippen LogP contribution in [0.4, 0.5) is 17.6 Å². The van der Waals surface area contributed by atoms with E-state index in [4.69, 9.17) is 22.7 Å². The number of carbonyl (C=O) groups is 3. The van der Waals surface area contributed by atoms with Crippen LogP contribution in [0.5, 0.6) is 0 Å². The first kappa shape index (κ1) is 29.2. The minimum absolute atomic E-state index is 0.0628. The van der Waals surface area contributed by atoms with Crippen LogP contribution in [-0.4, -0.2) is 59.0 Å². The minimum Gasteiger partial charge on any atom is -0.403 e. The van der Waals surface area contributed by atoms with Crippen molar-refractivity contribution in [3.8, 4) is 0 Å². The second kappa shape index (κ2) is 11.1. The maximum absolute atomic E-state index is 13.9. The molecule has 0 aromatic heterocycles. The van der Waals surface area contributed by atoms with Gasteiger partial charge in [-0.25, -0.2) is 4.39 Å². The average molecular weight is 558 g/mol. The van der Waals surface area contributed by atoms with E-state index in [0.717, 1.165) is 28.3 Å². The number of nitrogens with zero attached hydrogens (tertiary/aromatic N) is 2. The topological polar surface area (TPSA) is 120 Å². The molecule has 206 valence electrons. The van der Waals surface area contributed by atoms with Crippen LogP contribution in [0, 0.1) is 16.6 Å². The number of amides is 3. The van der Waals surface area contributed by atoms with Gasteiger partial charge in [-0.3, -0.25) is 14.4 Å². The first-order valence-corrected chi connectivity index (χ1v) is 12.2. The highest BCUT2D eigenvalue weighted by molar-refractivity contribution is 6.35. The Balaban J connectivity index is 1.93. The van der Waals surface area contributed by atoms with Gasteiger partial charge in [-0.2, -0.15) is 13.2 Å². The lowest BCUT2D eigenvalue weighted by Gasteiger charge is -2.46. The Morgan fingerprint density at radius 3 is 2.39 bits per heavy atom. The summed E-state index contributed by atoms with van der Waals surface area (Å²) in [5.74, 6) is -3.96. The summed E-state index contributed by atoms with van der Waals surface area (Å²) in [5.41, 5.74) is 3.92. The molecule has 1 aromatic rings.